The zero-order valence-corrected chi connectivity index (χ0v) is 14.5. The molecule has 0 saturated heterocycles. The Bertz CT molecular complexity index is 1080. The van der Waals surface area contributed by atoms with Crippen LogP contribution in [0.1, 0.15) is 5.56 Å². The number of fused-ring (bicyclic) bond motifs is 2. The second-order valence-corrected chi connectivity index (χ2v) is 6.72. The summed E-state index contributed by atoms with van der Waals surface area (Å²) < 4.78 is 12.6. The lowest BCUT2D eigenvalue weighted by Crippen LogP contribution is -1.96. The Hall–Kier alpha value is -3.06. The largest absolute Gasteiger partial charge is 0.454 e. The van der Waals surface area contributed by atoms with Gasteiger partial charge in [0, 0.05) is 17.5 Å². The zero-order valence-electron chi connectivity index (χ0n) is 13.7. The molecule has 0 amide bonds. The molecule has 0 saturated carbocycles. The highest BCUT2D eigenvalue weighted by Crippen LogP contribution is 2.35. The Morgan fingerprint density at radius 2 is 1.88 bits per heavy atom. The predicted molar refractivity (Wildman–Crippen MR) is 98.3 cm³/mol. The average molecular weight is 362 g/mol. The van der Waals surface area contributed by atoms with Gasteiger partial charge in [0.25, 0.3) is 5.78 Å². The molecule has 0 aliphatic carbocycles. The van der Waals surface area contributed by atoms with Gasteiger partial charge in [0.05, 0.1) is 5.69 Å². The number of thioether (sulfide) groups is 1. The molecule has 0 spiro atoms. The van der Waals surface area contributed by atoms with Gasteiger partial charge in [-0.1, -0.05) is 42.1 Å². The van der Waals surface area contributed by atoms with Crippen LogP contribution in [-0.2, 0) is 5.75 Å². The Morgan fingerprint density at radius 3 is 2.81 bits per heavy atom. The molecule has 1 aliphatic rings. The lowest BCUT2D eigenvalue weighted by molar-refractivity contribution is 0.174. The number of aromatic nitrogens is 4. The van der Waals surface area contributed by atoms with E-state index in [2.05, 4.69) is 27.2 Å². The van der Waals surface area contributed by atoms with Gasteiger partial charge >= 0.3 is 0 Å². The van der Waals surface area contributed by atoms with E-state index < -0.39 is 0 Å². The van der Waals surface area contributed by atoms with Crippen molar-refractivity contribution in [2.45, 2.75) is 10.9 Å². The first-order chi connectivity index (χ1) is 12.9. The highest BCUT2D eigenvalue weighted by molar-refractivity contribution is 7.98. The van der Waals surface area contributed by atoms with Crippen LogP contribution in [0.15, 0.2) is 66.0 Å². The lowest BCUT2D eigenvalue weighted by Gasteiger charge is -2.04. The maximum atomic E-state index is 5.48. The molecule has 7 heteroatoms. The van der Waals surface area contributed by atoms with Crippen LogP contribution in [0.2, 0.25) is 0 Å². The molecule has 0 atom stereocenters. The second-order valence-electron chi connectivity index (χ2n) is 5.78. The van der Waals surface area contributed by atoms with E-state index in [1.165, 1.54) is 5.56 Å². The summed E-state index contributed by atoms with van der Waals surface area (Å²) in [7, 11) is 0. The predicted octanol–water partition coefficient (Wildman–Crippen LogP) is 3.81. The van der Waals surface area contributed by atoms with E-state index in [9.17, 15) is 0 Å². The van der Waals surface area contributed by atoms with Crippen LogP contribution < -0.4 is 9.47 Å². The molecule has 0 unspecified atom stereocenters. The molecule has 3 heterocycles. The van der Waals surface area contributed by atoms with Gasteiger partial charge in [-0.15, -0.1) is 5.10 Å². The molecule has 0 bridgehead atoms. The van der Waals surface area contributed by atoms with Crippen LogP contribution in [0.4, 0.5) is 0 Å². The minimum atomic E-state index is 0.258. The van der Waals surface area contributed by atoms with Crippen molar-refractivity contribution in [1.82, 2.24) is 19.6 Å². The number of hydrogen-bond donors (Lipinski definition) is 0. The molecule has 0 radical (unpaired) electrons. The van der Waals surface area contributed by atoms with Crippen molar-refractivity contribution in [3.8, 4) is 22.8 Å². The fourth-order valence-corrected chi connectivity index (χ4v) is 3.61. The standard InChI is InChI=1S/C19H14N4O2S/c1-2-4-13(5-3-1)11-26-19-21-18-20-9-8-15(23(18)22-19)14-6-7-16-17(10-14)25-12-24-16/h1-10H,11-12H2. The summed E-state index contributed by atoms with van der Waals surface area (Å²) >= 11 is 1.60. The molecule has 6 nitrogen and oxygen atoms in total. The van der Waals surface area contributed by atoms with Gasteiger partial charge in [-0.25, -0.2) is 4.98 Å². The fourth-order valence-electron chi connectivity index (χ4n) is 2.83. The minimum Gasteiger partial charge on any atom is -0.454 e. The van der Waals surface area contributed by atoms with Gasteiger partial charge < -0.3 is 9.47 Å². The molecule has 128 valence electrons. The van der Waals surface area contributed by atoms with Crippen molar-refractivity contribution in [3.63, 3.8) is 0 Å². The topological polar surface area (TPSA) is 61.5 Å². The van der Waals surface area contributed by atoms with E-state index in [1.54, 1.807) is 22.5 Å². The van der Waals surface area contributed by atoms with E-state index >= 15 is 0 Å². The van der Waals surface area contributed by atoms with Crippen LogP contribution in [0.5, 0.6) is 11.5 Å². The third kappa shape index (κ3) is 2.76. The van der Waals surface area contributed by atoms with E-state index in [0.29, 0.717) is 10.9 Å². The Kier molecular flexibility index (Phi) is 3.71. The summed E-state index contributed by atoms with van der Waals surface area (Å²) in [5, 5.41) is 5.33. The number of benzene rings is 2. The molecule has 2 aromatic heterocycles. The normalized spacial score (nSPS) is 12.6. The van der Waals surface area contributed by atoms with Crippen LogP contribution in [0.25, 0.3) is 17.0 Å². The van der Waals surface area contributed by atoms with Crippen molar-refractivity contribution in [3.05, 3.63) is 66.4 Å². The first kappa shape index (κ1) is 15.2. The van der Waals surface area contributed by atoms with Gasteiger partial charge in [0.2, 0.25) is 11.9 Å². The zero-order chi connectivity index (χ0) is 17.3. The minimum absolute atomic E-state index is 0.258. The molecule has 26 heavy (non-hydrogen) atoms. The first-order valence-corrected chi connectivity index (χ1v) is 9.14. The molecule has 2 aromatic carbocycles. The van der Waals surface area contributed by atoms with Crippen molar-refractivity contribution in [1.29, 1.82) is 0 Å². The Morgan fingerprint density at radius 1 is 1.00 bits per heavy atom. The smallest absolute Gasteiger partial charge is 0.253 e. The average Bonchev–Trinajstić information content (AvgIpc) is 3.32. The maximum Gasteiger partial charge on any atom is 0.253 e. The third-order valence-corrected chi connectivity index (χ3v) is 5.01. The summed E-state index contributed by atoms with van der Waals surface area (Å²) in [5.41, 5.74) is 3.12. The van der Waals surface area contributed by atoms with Crippen molar-refractivity contribution < 1.29 is 9.47 Å². The lowest BCUT2D eigenvalue weighted by atomic mass is 10.1. The SMILES string of the molecule is c1ccc(CSc2nc3nccc(-c4ccc5c(c4)OCO5)n3n2)cc1. The fraction of sp³-hybridized carbons (Fsp3) is 0.105. The van der Waals surface area contributed by atoms with Gasteiger partial charge in [-0.05, 0) is 29.8 Å². The Balaban J connectivity index is 1.48. The molecule has 5 rings (SSSR count). The number of hydrogen-bond acceptors (Lipinski definition) is 6. The summed E-state index contributed by atoms with van der Waals surface area (Å²) in [6.07, 6.45) is 1.75. The van der Waals surface area contributed by atoms with Crippen LogP contribution in [-0.4, -0.2) is 26.4 Å². The van der Waals surface area contributed by atoms with Gasteiger partial charge in [-0.3, -0.25) is 0 Å². The highest BCUT2D eigenvalue weighted by Gasteiger charge is 2.16. The molecular weight excluding hydrogens is 348 g/mol. The van der Waals surface area contributed by atoms with Crippen LogP contribution in [0.3, 0.4) is 0 Å². The molecule has 4 aromatic rings. The van der Waals surface area contributed by atoms with Crippen molar-refractivity contribution in [2.24, 2.45) is 0 Å². The molecule has 0 N–H and O–H groups in total. The number of ether oxygens (including phenoxy) is 2. The molecular formula is C19H14N4O2S. The van der Waals surface area contributed by atoms with Crippen molar-refractivity contribution in [2.75, 3.05) is 6.79 Å². The second kappa shape index (κ2) is 6.34. The van der Waals surface area contributed by atoms with E-state index in [0.717, 1.165) is 28.5 Å². The quantitative estimate of drug-likeness (QED) is 0.515. The van der Waals surface area contributed by atoms with Gasteiger partial charge in [0.15, 0.2) is 11.5 Å². The maximum absolute atomic E-state index is 5.48. The van der Waals surface area contributed by atoms with Crippen molar-refractivity contribution >= 4 is 17.5 Å². The highest BCUT2D eigenvalue weighted by atomic mass is 32.2. The van der Waals surface area contributed by atoms with Crippen LogP contribution >= 0.6 is 11.8 Å². The Labute approximate surface area is 153 Å². The molecule has 1 aliphatic heterocycles. The summed E-state index contributed by atoms with van der Waals surface area (Å²) in [6.45, 7) is 0.258. The number of nitrogens with zero attached hydrogens (tertiary/aromatic N) is 4. The number of rotatable bonds is 4. The van der Waals surface area contributed by atoms with Gasteiger partial charge in [0.1, 0.15) is 0 Å². The first-order valence-electron chi connectivity index (χ1n) is 8.15. The molecule has 0 fully saturated rings. The summed E-state index contributed by atoms with van der Waals surface area (Å²) in [5.74, 6) is 2.90. The summed E-state index contributed by atoms with van der Waals surface area (Å²) in [4.78, 5) is 8.87. The third-order valence-electron chi connectivity index (χ3n) is 4.10. The summed E-state index contributed by atoms with van der Waals surface area (Å²) in [6, 6.07) is 18.0. The van der Waals surface area contributed by atoms with E-state index in [-0.39, 0.29) is 6.79 Å². The monoisotopic (exact) mass is 362 g/mol. The van der Waals surface area contributed by atoms with Crippen LogP contribution in [0, 0.1) is 0 Å². The van der Waals surface area contributed by atoms with E-state index in [4.69, 9.17) is 9.47 Å². The van der Waals surface area contributed by atoms with Gasteiger partial charge in [-0.2, -0.15) is 9.50 Å². The van der Waals surface area contributed by atoms with E-state index in [1.807, 2.05) is 42.5 Å².